The van der Waals surface area contributed by atoms with Crippen LogP contribution >= 0.6 is 0 Å². The molecule has 0 heterocycles. The molecule has 0 spiro atoms. The highest BCUT2D eigenvalue weighted by Crippen LogP contribution is 2.17. The lowest BCUT2D eigenvalue weighted by atomic mass is 10.1. The van der Waals surface area contributed by atoms with E-state index in [9.17, 15) is 14.0 Å². The number of aryl methyl sites for hydroxylation is 2. The number of halogens is 1. The van der Waals surface area contributed by atoms with E-state index in [1.165, 1.54) is 12.1 Å². The first-order valence-corrected chi connectivity index (χ1v) is 6.96. The van der Waals surface area contributed by atoms with Crippen molar-refractivity contribution in [3.8, 4) is 0 Å². The number of carbonyl (C=O) groups is 2. The third-order valence-electron chi connectivity index (χ3n) is 3.33. The molecule has 0 bridgehead atoms. The van der Waals surface area contributed by atoms with Gasteiger partial charge in [0.2, 0.25) is 0 Å². The van der Waals surface area contributed by atoms with E-state index in [4.69, 9.17) is 10.5 Å². The average Bonchev–Trinajstić information content (AvgIpc) is 2.51. The maximum Gasteiger partial charge on any atom is 0.340 e. The van der Waals surface area contributed by atoms with Crippen LogP contribution < -0.4 is 11.1 Å². The van der Waals surface area contributed by atoms with Crippen LogP contribution in [0.5, 0.6) is 0 Å². The predicted molar refractivity (Wildman–Crippen MR) is 85.6 cm³/mol. The van der Waals surface area contributed by atoms with E-state index in [2.05, 4.69) is 5.32 Å². The molecule has 0 radical (unpaired) electrons. The van der Waals surface area contributed by atoms with Gasteiger partial charge in [-0.2, -0.15) is 0 Å². The molecule has 0 atom stereocenters. The van der Waals surface area contributed by atoms with E-state index < -0.39 is 24.3 Å². The highest BCUT2D eigenvalue weighted by molar-refractivity contribution is 5.98. The number of para-hydroxylation sites is 1. The van der Waals surface area contributed by atoms with E-state index in [0.717, 1.165) is 5.56 Å². The molecule has 120 valence electrons. The number of amides is 1. The van der Waals surface area contributed by atoms with Gasteiger partial charge in [-0.1, -0.05) is 18.2 Å². The average molecular weight is 316 g/mol. The number of ether oxygens (including phenoxy) is 1. The Kier molecular flexibility index (Phi) is 4.95. The van der Waals surface area contributed by atoms with Crippen molar-refractivity contribution in [1.82, 2.24) is 0 Å². The van der Waals surface area contributed by atoms with Crippen LogP contribution in [0.25, 0.3) is 0 Å². The number of nitrogens with one attached hydrogen (secondary N) is 1. The lowest BCUT2D eigenvalue weighted by molar-refractivity contribution is -0.119. The van der Waals surface area contributed by atoms with Crippen LogP contribution in [0.15, 0.2) is 36.4 Å². The van der Waals surface area contributed by atoms with Gasteiger partial charge >= 0.3 is 5.97 Å². The molecule has 23 heavy (non-hydrogen) atoms. The summed E-state index contributed by atoms with van der Waals surface area (Å²) in [4.78, 5) is 23.7. The minimum absolute atomic E-state index is 0.208. The number of esters is 1. The summed E-state index contributed by atoms with van der Waals surface area (Å²) in [6.07, 6.45) is 0. The predicted octanol–water partition coefficient (Wildman–Crippen LogP) is 2.82. The first kappa shape index (κ1) is 16.5. The van der Waals surface area contributed by atoms with Crippen LogP contribution in [-0.4, -0.2) is 18.5 Å². The van der Waals surface area contributed by atoms with Crippen LogP contribution in [0, 0.1) is 19.7 Å². The lowest BCUT2D eigenvalue weighted by Crippen LogP contribution is -2.21. The molecule has 2 aromatic rings. The van der Waals surface area contributed by atoms with Gasteiger partial charge in [0.25, 0.3) is 5.91 Å². The maximum atomic E-state index is 13.4. The summed E-state index contributed by atoms with van der Waals surface area (Å²) in [6, 6.07) is 9.29. The summed E-state index contributed by atoms with van der Waals surface area (Å²) >= 11 is 0. The van der Waals surface area contributed by atoms with E-state index in [1.54, 1.807) is 38.1 Å². The summed E-state index contributed by atoms with van der Waals surface area (Å²) in [5, 5.41) is 2.46. The molecule has 0 aliphatic rings. The Balaban J connectivity index is 1.94. The fourth-order valence-electron chi connectivity index (χ4n) is 1.94. The highest BCUT2D eigenvalue weighted by atomic mass is 19.1. The van der Waals surface area contributed by atoms with Gasteiger partial charge in [0, 0.05) is 11.4 Å². The standard InChI is InChI=1S/C17H17FN2O3/c1-10-6-7-12(8-14(10)18)20-15(21)9-23-17(22)13-5-3-4-11(2)16(13)19/h3-8H,9,19H2,1-2H3,(H,20,21). The zero-order valence-electron chi connectivity index (χ0n) is 12.9. The Labute approximate surface area is 133 Å². The molecule has 2 rings (SSSR count). The van der Waals surface area contributed by atoms with Gasteiger partial charge in [-0.15, -0.1) is 0 Å². The number of benzene rings is 2. The van der Waals surface area contributed by atoms with Crippen molar-refractivity contribution in [1.29, 1.82) is 0 Å². The summed E-state index contributed by atoms with van der Waals surface area (Å²) in [7, 11) is 0. The van der Waals surface area contributed by atoms with Crippen LogP contribution in [0.1, 0.15) is 21.5 Å². The van der Waals surface area contributed by atoms with Crippen molar-refractivity contribution in [2.45, 2.75) is 13.8 Å². The van der Waals surface area contributed by atoms with Crippen molar-refractivity contribution >= 4 is 23.3 Å². The molecule has 0 saturated heterocycles. The number of rotatable bonds is 4. The second-order valence-electron chi connectivity index (χ2n) is 5.12. The number of nitrogen functional groups attached to an aromatic ring is 1. The smallest absolute Gasteiger partial charge is 0.340 e. The van der Waals surface area contributed by atoms with Gasteiger partial charge in [0.05, 0.1) is 5.56 Å². The number of carbonyl (C=O) groups excluding carboxylic acids is 2. The quantitative estimate of drug-likeness (QED) is 0.671. The normalized spacial score (nSPS) is 10.2. The Bertz CT molecular complexity index is 759. The first-order valence-electron chi connectivity index (χ1n) is 6.96. The molecule has 0 unspecified atom stereocenters. The van der Waals surface area contributed by atoms with Gasteiger partial charge < -0.3 is 15.8 Å². The third-order valence-corrected chi connectivity index (χ3v) is 3.33. The largest absolute Gasteiger partial charge is 0.452 e. The zero-order valence-corrected chi connectivity index (χ0v) is 12.9. The fourth-order valence-corrected chi connectivity index (χ4v) is 1.94. The molecule has 0 aromatic heterocycles. The summed E-state index contributed by atoms with van der Waals surface area (Å²) in [6.45, 7) is 2.90. The van der Waals surface area contributed by atoms with Crippen molar-refractivity contribution in [2.24, 2.45) is 0 Å². The monoisotopic (exact) mass is 316 g/mol. The zero-order chi connectivity index (χ0) is 17.0. The van der Waals surface area contributed by atoms with Crippen molar-refractivity contribution < 1.29 is 18.7 Å². The molecule has 1 amide bonds. The highest BCUT2D eigenvalue weighted by Gasteiger charge is 2.14. The molecule has 6 heteroatoms. The summed E-state index contributed by atoms with van der Waals surface area (Å²) in [5.74, 6) is -1.67. The first-order chi connectivity index (χ1) is 10.9. The third kappa shape index (κ3) is 4.06. The number of hydrogen-bond acceptors (Lipinski definition) is 4. The Morgan fingerprint density at radius 2 is 1.91 bits per heavy atom. The number of hydrogen-bond donors (Lipinski definition) is 2. The lowest BCUT2D eigenvalue weighted by Gasteiger charge is -2.09. The van der Waals surface area contributed by atoms with Gasteiger partial charge in [0.15, 0.2) is 6.61 Å². The molecular weight excluding hydrogens is 299 g/mol. The Hall–Kier alpha value is -2.89. The molecule has 5 nitrogen and oxygen atoms in total. The molecule has 0 aliphatic carbocycles. The molecule has 3 N–H and O–H groups in total. The topological polar surface area (TPSA) is 81.4 Å². The van der Waals surface area contributed by atoms with E-state index in [1.807, 2.05) is 0 Å². The van der Waals surface area contributed by atoms with Crippen LogP contribution in [0.4, 0.5) is 15.8 Å². The molecule has 0 aliphatic heterocycles. The fraction of sp³-hybridized carbons (Fsp3) is 0.176. The van der Waals surface area contributed by atoms with E-state index in [-0.39, 0.29) is 5.56 Å². The molecule has 2 aromatic carbocycles. The Morgan fingerprint density at radius 3 is 2.61 bits per heavy atom. The SMILES string of the molecule is Cc1ccc(NC(=O)COC(=O)c2cccc(C)c2N)cc1F. The summed E-state index contributed by atoms with van der Waals surface area (Å²) in [5.41, 5.74) is 7.85. The second-order valence-corrected chi connectivity index (χ2v) is 5.12. The number of anilines is 2. The van der Waals surface area contributed by atoms with Gasteiger partial charge in [-0.3, -0.25) is 4.79 Å². The van der Waals surface area contributed by atoms with Crippen molar-refractivity contribution in [3.05, 3.63) is 58.9 Å². The van der Waals surface area contributed by atoms with E-state index in [0.29, 0.717) is 16.9 Å². The van der Waals surface area contributed by atoms with Crippen LogP contribution in [0.3, 0.4) is 0 Å². The van der Waals surface area contributed by atoms with Crippen LogP contribution in [-0.2, 0) is 9.53 Å². The van der Waals surface area contributed by atoms with Gasteiger partial charge in [-0.25, -0.2) is 9.18 Å². The summed E-state index contributed by atoms with van der Waals surface area (Å²) < 4.78 is 18.3. The molecule has 0 fully saturated rings. The maximum absolute atomic E-state index is 13.4. The molecular formula is C17H17FN2O3. The second kappa shape index (κ2) is 6.91. The minimum atomic E-state index is -0.684. The van der Waals surface area contributed by atoms with Gasteiger partial charge in [-0.05, 0) is 43.2 Å². The van der Waals surface area contributed by atoms with E-state index >= 15 is 0 Å². The van der Waals surface area contributed by atoms with Crippen molar-refractivity contribution in [2.75, 3.05) is 17.7 Å². The molecule has 0 saturated carbocycles. The van der Waals surface area contributed by atoms with Gasteiger partial charge in [0.1, 0.15) is 5.82 Å². The number of nitrogens with two attached hydrogens (primary N) is 1. The van der Waals surface area contributed by atoms with Crippen LogP contribution in [0.2, 0.25) is 0 Å². The Morgan fingerprint density at radius 1 is 1.17 bits per heavy atom. The minimum Gasteiger partial charge on any atom is -0.452 e. The van der Waals surface area contributed by atoms with Crippen molar-refractivity contribution in [3.63, 3.8) is 0 Å².